The molecule has 1 fully saturated rings. The molecule has 1 saturated heterocycles. The van der Waals surface area contributed by atoms with Crippen molar-refractivity contribution in [1.29, 1.82) is 0 Å². The molecule has 1 aromatic heterocycles. The number of rotatable bonds is 7. The van der Waals surface area contributed by atoms with Gasteiger partial charge in [-0.05, 0) is 37.0 Å². The second kappa shape index (κ2) is 8.51. The van der Waals surface area contributed by atoms with Gasteiger partial charge in [0, 0.05) is 23.0 Å². The number of carbonyl (C=O) groups excluding carboxylic acids is 1. The number of aromatic nitrogens is 1. The smallest absolute Gasteiger partial charge is 0.466 e. The predicted molar refractivity (Wildman–Crippen MR) is 122 cm³/mol. The van der Waals surface area contributed by atoms with Crippen LogP contribution in [0.1, 0.15) is 43.7 Å². The second-order valence-electron chi connectivity index (χ2n) is 8.20. The fourth-order valence-electron chi connectivity index (χ4n) is 4.31. The van der Waals surface area contributed by atoms with Crippen molar-refractivity contribution in [3.05, 3.63) is 65.9 Å². The summed E-state index contributed by atoms with van der Waals surface area (Å²) < 4.78 is 34.4. The molecule has 1 aliphatic rings. The molecule has 31 heavy (non-hydrogen) atoms. The number of aryl methyl sites for hydroxylation is 1. The molecular formula is C23H27BN2O4S. The van der Waals surface area contributed by atoms with E-state index in [2.05, 4.69) is 4.98 Å². The zero-order chi connectivity index (χ0) is 22.2. The van der Waals surface area contributed by atoms with Crippen LogP contribution >= 0.6 is 0 Å². The van der Waals surface area contributed by atoms with Gasteiger partial charge in [0.05, 0.1) is 4.90 Å². The summed E-state index contributed by atoms with van der Waals surface area (Å²) in [5.41, 5.74) is 2.82. The number of hydrogen-bond acceptors (Lipinski definition) is 4. The van der Waals surface area contributed by atoms with Gasteiger partial charge in [-0.25, -0.2) is 8.42 Å². The van der Waals surface area contributed by atoms with Gasteiger partial charge < -0.3 is 9.64 Å². The normalized spacial score (nSPS) is 18.5. The van der Waals surface area contributed by atoms with Crippen molar-refractivity contribution in [1.82, 2.24) is 9.20 Å². The van der Waals surface area contributed by atoms with Crippen LogP contribution in [0.25, 0.3) is 10.9 Å². The van der Waals surface area contributed by atoms with Gasteiger partial charge in [0.15, 0.2) is 0 Å². The van der Waals surface area contributed by atoms with E-state index in [-0.39, 0.29) is 10.8 Å². The Morgan fingerprint density at radius 2 is 1.87 bits per heavy atom. The van der Waals surface area contributed by atoms with Crippen LogP contribution in [0.5, 0.6) is 0 Å². The number of hydrogen-bond donors (Lipinski definition) is 1. The highest BCUT2D eigenvalue weighted by atomic mass is 32.2. The minimum absolute atomic E-state index is 0.175. The van der Waals surface area contributed by atoms with Gasteiger partial charge in [0.1, 0.15) is 6.04 Å². The van der Waals surface area contributed by atoms with Crippen molar-refractivity contribution in [2.75, 3.05) is 0 Å². The Bertz CT molecular complexity index is 1190. The molecule has 0 bridgehead atoms. The number of aromatic amines is 1. The average molecular weight is 438 g/mol. The lowest BCUT2D eigenvalue weighted by molar-refractivity contribution is -0.135. The molecule has 0 aliphatic carbocycles. The minimum atomic E-state index is -3.93. The molecule has 0 unspecified atom stereocenters. The van der Waals surface area contributed by atoms with E-state index in [4.69, 9.17) is 4.65 Å². The lowest BCUT2D eigenvalue weighted by atomic mass is 9.76. The molecule has 162 valence electrons. The number of sulfonamides is 1. The maximum atomic E-state index is 13.7. The Kier molecular flexibility index (Phi) is 5.95. The van der Waals surface area contributed by atoms with E-state index in [0.29, 0.717) is 6.32 Å². The Morgan fingerprint density at radius 1 is 1.16 bits per heavy atom. The molecule has 8 heteroatoms. The summed E-state index contributed by atoms with van der Waals surface area (Å²) in [6, 6.07) is 13.6. The molecule has 6 nitrogen and oxygen atoms in total. The van der Waals surface area contributed by atoms with Crippen molar-refractivity contribution in [2.24, 2.45) is 0 Å². The Labute approximate surface area is 183 Å². The monoisotopic (exact) mass is 438 g/mol. The van der Waals surface area contributed by atoms with E-state index in [1.807, 2.05) is 51.2 Å². The van der Waals surface area contributed by atoms with Crippen molar-refractivity contribution < 1.29 is 17.9 Å². The molecule has 2 atom stereocenters. The number of fused-ring (bicyclic) bond motifs is 1. The number of nitrogens with zero attached hydrogens (tertiary/aromatic N) is 1. The number of nitrogens with one attached hydrogen (secondary N) is 1. The van der Waals surface area contributed by atoms with Gasteiger partial charge in [0.25, 0.3) is 0 Å². The lowest BCUT2D eigenvalue weighted by Gasteiger charge is -2.27. The first-order chi connectivity index (χ1) is 14.8. The number of unbranched alkanes of at least 4 members (excludes halogenated alkanes) is 1. The van der Waals surface area contributed by atoms with Crippen LogP contribution in [0.2, 0.25) is 6.32 Å². The molecule has 2 aromatic carbocycles. The third-order valence-corrected chi connectivity index (χ3v) is 7.92. The van der Waals surface area contributed by atoms with Crippen molar-refractivity contribution in [2.45, 2.75) is 56.8 Å². The molecule has 3 aromatic rings. The van der Waals surface area contributed by atoms with E-state index < -0.39 is 29.1 Å². The van der Waals surface area contributed by atoms with Crippen LogP contribution in [0.15, 0.2) is 59.6 Å². The fraction of sp³-hybridized carbons (Fsp3) is 0.348. The highest BCUT2D eigenvalue weighted by Crippen LogP contribution is 2.37. The Morgan fingerprint density at radius 3 is 2.58 bits per heavy atom. The highest BCUT2D eigenvalue weighted by Gasteiger charge is 2.54. The first kappa shape index (κ1) is 21.6. The first-order valence-corrected chi connectivity index (χ1v) is 12.1. The Balaban J connectivity index is 1.78. The van der Waals surface area contributed by atoms with Crippen molar-refractivity contribution in [3.63, 3.8) is 0 Å². The number of benzene rings is 2. The van der Waals surface area contributed by atoms with Gasteiger partial charge in [-0.15, -0.1) is 0 Å². The van der Waals surface area contributed by atoms with Gasteiger partial charge >= 0.3 is 13.0 Å². The van der Waals surface area contributed by atoms with E-state index in [9.17, 15) is 13.2 Å². The quantitative estimate of drug-likeness (QED) is 0.552. The third-order valence-electron chi connectivity index (χ3n) is 6.04. The fourth-order valence-corrected chi connectivity index (χ4v) is 6.05. The van der Waals surface area contributed by atoms with E-state index in [1.165, 1.54) is 4.22 Å². The Hall–Kier alpha value is -2.58. The van der Waals surface area contributed by atoms with Crippen LogP contribution in [0.4, 0.5) is 0 Å². The first-order valence-electron chi connectivity index (χ1n) is 10.7. The number of carbonyl (C=O) groups is 1. The van der Waals surface area contributed by atoms with Crippen LogP contribution in [0, 0.1) is 6.92 Å². The minimum Gasteiger partial charge on any atom is -0.518 e. The van der Waals surface area contributed by atoms with E-state index >= 15 is 0 Å². The third kappa shape index (κ3) is 3.90. The molecule has 1 N–H and O–H groups in total. The maximum Gasteiger partial charge on any atom is 0.466 e. The van der Waals surface area contributed by atoms with Gasteiger partial charge in [-0.3, -0.25) is 4.79 Å². The summed E-state index contributed by atoms with van der Waals surface area (Å²) in [5.74, 6) is -0.870. The zero-order valence-corrected chi connectivity index (χ0v) is 18.9. The largest absolute Gasteiger partial charge is 0.518 e. The predicted octanol–water partition coefficient (Wildman–Crippen LogP) is 4.48. The maximum absolute atomic E-state index is 13.7. The molecule has 4 rings (SSSR count). The highest BCUT2D eigenvalue weighted by molar-refractivity contribution is 7.90. The topological polar surface area (TPSA) is 79.5 Å². The SMILES string of the molecule is CCCCB1OC(=O)[C@H]([C@H](C)c2c[nH]c3ccccc23)N1S(=O)(=O)c1ccc(C)cc1. The lowest BCUT2D eigenvalue weighted by Crippen LogP contribution is -2.47. The van der Waals surface area contributed by atoms with E-state index in [0.717, 1.165) is 34.9 Å². The van der Waals surface area contributed by atoms with Gasteiger partial charge in [-0.2, -0.15) is 4.22 Å². The summed E-state index contributed by atoms with van der Waals surface area (Å²) in [6.07, 6.45) is 3.99. The summed E-state index contributed by atoms with van der Waals surface area (Å²) in [7, 11) is -4.72. The average Bonchev–Trinajstić information content (AvgIpc) is 3.33. The molecular weight excluding hydrogens is 411 g/mol. The number of H-pyrrole nitrogens is 1. The summed E-state index contributed by atoms with van der Waals surface area (Å²) >= 11 is 0. The van der Waals surface area contributed by atoms with Gasteiger partial charge in [-0.1, -0.05) is 62.6 Å². The standard InChI is InChI=1S/C23H27BN2O4S/c1-4-5-14-24-26(31(28,29)18-12-10-16(2)11-13-18)22(23(27)30-24)17(3)20-15-25-21-9-7-6-8-19(20)21/h6-13,15,17,22,25H,4-5,14H2,1-3H3/t17-,22+/m1/s1. The summed E-state index contributed by atoms with van der Waals surface area (Å²) in [5, 5.41) is 0.979. The second-order valence-corrected chi connectivity index (χ2v) is 10.0. The number of para-hydroxylation sites is 1. The van der Waals surface area contributed by atoms with Crippen LogP contribution in [0.3, 0.4) is 0 Å². The molecule has 1 aliphatic heterocycles. The molecule has 0 spiro atoms. The summed E-state index contributed by atoms with van der Waals surface area (Å²) in [6.45, 7) is 5.83. The zero-order valence-electron chi connectivity index (χ0n) is 18.0. The molecule has 0 amide bonds. The van der Waals surface area contributed by atoms with Crippen molar-refractivity contribution in [3.8, 4) is 0 Å². The molecule has 2 heterocycles. The van der Waals surface area contributed by atoms with Crippen molar-refractivity contribution >= 4 is 33.9 Å². The molecule has 0 saturated carbocycles. The van der Waals surface area contributed by atoms with Crippen LogP contribution < -0.4 is 0 Å². The summed E-state index contributed by atoms with van der Waals surface area (Å²) in [4.78, 5) is 16.4. The van der Waals surface area contributed by atoms with E-state index in [1.54, 1.807) is 24.3 Å². The molecule has 0 radical (unpaired) electrons. The van der Waals surface area contributed by atoms with Crippen LogP contribution in [-0.4, -0.2) is 36.7 Å². The van der Waals surface area contributed by atoms with Gasteiger partial charge in [0.2, 0.25) is 10.0 Å². The van der Waals surface area contributed by atoms with Crippen LogP contribution in [-0.2, 0) is 19.5 Å².